The first kappa shape index (κ1) is 7.77. The van der Waals surface area contributed by atoms with Gasteiger partial charge in [-0.25, -0.2) is 4.98 Å². The van der Waals surface area contributed by atoms with Crippen LogP contribution in [0, 0.1) is 11.3 Å². The highest BCUT2D eigenvalue weighted by molar-refractivity contribution is 5.73. The van der Waals surface area contributed by atoms with Crippen molar-refractivity contribution in [3.8, 4) is 6.07 Å². The molecule has 0 aliphatic rings. The van der Waals surface area contributed by atoms with Gasteiger partial charge in [0.2, 0.25) is 0 Å². The summed E-state index contributed by atoms with van der Waals surface area (Å²) in [7, 11) is 0. The van der Waals surface area contributed by atoms with Crippen LogP contribution >= 0.6 is 0 Å². The predicted molar refractivity (Wildman–Crippen MR) is 46.6 cm³/mol. The lowest BCUT2D eigenvalue weighted by molar-refractivity contribution is 0.601. The molecule has 4 nitrogen and oxygen atoms in total. The molecule has 1 unspecified atom stereocenters. The molecule has 13 heavy (non-hydrogen) atoms. The molecule has 1 aromatic heterocycles. The van der Waals surface area contributed by atoms with Crippen molar-refractivity contribution >= 4 is 11.1 Å². The zero-order valence-electron chi connectivity index (χ0n) is 6.77. The van der Waals surface area contributed by atoms with Gasteiger partial charge in [-0.1, -0.05) is 6.07 Å². The molecule has 64 valence electrons. The van der Waals surface area contributed by atoms with Gasteiger partial charge in [0.15, 0.2) is 12.0 Å². The number of nitrogens with zero attached hydrogens (tertiary/aromatic N) is 2. The van der Waals surface area contributed by atoms with E-state index in [2.05, 4.69) is 4.98 Å². The number of rotatable bonds is 1. The standard InChI is InChI=1S/C9H7N3O/c10-4-7(11)6-1-2-8-9(3-6)13-5-12-8/h1-3,5,7H,11H2. The van der Waals surface area contributed by atoms with Crippen LogP contribution in [-0.2, 0) is 0 Å². The van der Waals surface area contributed by atoms with Gasteiger partial charge in [-0.2, -0.15) is 5.26 Å². The van der Waals surface area contributed by atoms with E-state index >= 15 is 0 Å². The Bertz CT molecular complexity index is 469. The van der Waals surface area contributed by atoms with Crippen LogP contribution in [0.4, 0.5) is 0 Å². The molecule has 1 heterocycles. The van der Waals surface area contributed by atoms with E-state index in [0.717, 1.165) is 11.1 Å². The summed E-state index contributed by atoms with van der Waals surface area (Å²) in [5.74, 6) is 0. The van der Waals surface area contributed by atoms with Gasteiger partial charge >= 0.3 is 0 Å². The Morgan fingerprint density at radius 3 is 3.15 bits per heavy atom. The minimum absolute atomic E-state index is 0.602. The fraction of sp³-hybridized carbons (Fsp3) is 0.111. The highest BCUT2D eigenvalue weighted by atomic mass is 16.3. The Balaban J connectivity index is 2.55. The summed E-state index contributed by atoms with van der Waals surface area (Å²) in [6.07, 6.45) is 1.37. The van der Waals surface area contributed by atoms with Gasteiger partial charge in [0.25, 0.3) is 0 Å². The third-order valence-corrected chi connectivity index (χ3v) is 1.85. The second kappa shape index (κ2) is 2.88. The van der Waals surface area contributed by atoms with E-state index in [1.54, 1.807) is 18.2 Å². The molecule has 1 atom stereocenters. The molecule has 4 heteroatoms. The van der Waals surface area contributed by atoms with Gasteiger partial charge in [-0.15, -0.1) is 0 Å². The molecule has 0 aliphatic heterocycles. The number of oxazole rings is 1. The highest BCUT2D eigenvalue weighted by Crippen LogP contribution is 2.17. The fourth-order valence-electron chi connectivity index (χ4n) is 1.14. The van der Waals surface area contributed by atoms with E-state index in [9.17, 15) is 0 Å². The molecule has 1 aromatic carbocycles. The molecular weight excluding hydrogens is 166 g/mol. The van der Waals surface area contributed by atoms with Crippen molar-refractivity contribution in [2.45, 2.75) is 6.04 Å². The smallest absolute Gasteiger partial charge is 0.181 e. The van der Waals surface area contributed by atoms with Gasteiger partial charge in [0, 0.05) is 0 Å². The topological polar surface area (TPSA) is 75.8 Å². The van der Waals surface area contributed by atoms with Crippen molar-refractivity contribution in [2.75, 3.05) is 0 Å². The summed E-state index contributed by atoms with van der Waals surface area (Å²) in [4.78, 5) is 3.95. The van der Waals surface area contributed by atoms with Crippen LogP contribution < -0.4 is 5.73 Å². The quantitative estimate of drug-likeness (QED) is 0.706. The maximum atomic E-state index is 8.59. The number of aromatic nitrogens is 1. The zero-order valence-corrected chi connectivity index (χ0v) is 6.77. The lowest BCUT2D eigenvalue weighted by Gasteiger charge is -2.00. The van der Waals surface area contributed by atoms with Gasteiger partial charge in [-0.05, 0) is 17.7 Å². The maximum absolute atomic E-state index is 8.59. The minimum atomic E-state index is -0.602. The van der Waals surface area contributed by atoms with Crippen LogP contribution in [0.1, 0.15) is 11.6 Å². The average molecular weight is 173 g/mol. The van der Waals surface area contributed by atoms with Crippen LogP contribution in [0.5, 0.6) is 0 Å². The Hall–Kier alpha value is -1.86. The van der Waals surface area contributed by atoms with Crippen molar-refractivity contribution < 1.29 is 4.42 Å². The minimum Gasteiger partial charge on any atom is -0.443 e. The molecule has 0 saturated heterocycles. The van der Waals surface area contributed by atoms with Crippen LogP contribution in [-0.4, -0.2) is 4.98 Å². The summed E-state index contributed by atoms with van der Waals surface area (Å²) < 4.78 is 5.08. The molecule has 0 aliphatic carbocycles. The zero-order chi connectivity index (χ0) is 9.26. The van der Waals surface area contributed by atoms with Gasteiger partial charge < -0.3 is 10.2 Å². The van der Waals surface area contributed by atoms with Crippen molar-refractivity contribution in [3.05, 3.63) is 30.2 Å². The summed E-state index contributed by atoms with van der Waals surface area (Å²) >= 11 is 0. The Morgan fingerprint density at radius 1 is 1.54 bits per heavy atom. The summed E-state index contributed by atoms with van der Waals surface area (Å²) in [6, 6.07) is 6.64. The number of hydrogen-bond acceptors (Lipinski definition) is 4. The predicted octanol–water partition coefficient (Wildman–Crippen LogP) is 1.35. The van der Waals surface area contributed by atoms with E-state index in [0.29, 0.717) is 5.58 Å². The van der Waals surface area contributed by atoms with Crippen molar-refractivity contribution in [1.82, 2.24) is 4.98 Å². The first-order valence-electron chi connectivity index (χ1n) is 3.79. The monoisotopic (exact) mass is 173 g/mol. The van der Waals surface area contributed by atoms with Crippen molar-refractivity contribution in [2.24, 2.45) is 5.73 Å². The Kier molecular flexibility index (Phi) is 1.72. The molecule has 0 amide bonds. The molecular formula is C9H7N3O. The van der Waals surface area contributed by atoms with E-state index < -0.39 is 6.04 Å². The van der Waals surface area contributed by atoms with Crippen LogP contribution in [0.15, 0.2) is 29.0 Å². The molecule has 0 fully saturated rings. The number of fused-ring (bicyclic) bond motifs is 1. The average Bonchev–Trinajstić information content (AvgIpc) is 2.63. The van der Waals surface area contributed by atoms with E-state index in [-0.39, 0.29) is 0 Å². The first-order valence-corrected chi connectivity index (χ1v) is 3.79. The second-order valence-electron chi connectivity index (χ2n) is 2.69. The lowest BCUT2D eigenvalue weighted by atomic mass is 10.1. The summed E-state index contributed by atoms with van der Waals surface area (Å²) in [6.45, 7) is 0. The SMILES string of the molecule is N#CC(N)c1ccc2ncoc2c1. The molecule has 0 radical (unpaired) electrons. The lowest BCUT2D eigenvalue weighted by Crippen LogP contribution is -2.06. The van der Waals surface area contributed by atoms with Crippen LogP contribution in [0.2, 0.25) is 0 Å². The molecule has 0 saturated carbocycles. The van der Waals surface area contributed by atoms with Gasteiger partial charge in [-0.3, -0.25) is 0 Å². The number of nitriles is 1. The second-order valence-corrected chi connectivity index (χ2v) is 2.69. The van der Waals surface area contributed by atoms with Gasteiger partial charge in [0.1, 0.15) is 11.6 Å². The van der Waals surface area contributed by atoms with Crippen molar-refractivity contribution in [1.29, 1.82) is 5.26 Å². The normalized spacial score (nSPS) is 12.6. The molecule has 2 aromatic rings. The summed E-state index contributed by atoms with van der Waals surface area (Å²) in [5, 5.41) is 8.59. The fourth-order valence-corrected chi connectivity index (χ4v) is 1.14. The number of benzene rings is 1. The first-order chi connectivity index (χ1) is 6.31. The largest absolute Gasteiger partial charge is 0.443 e. The highest BCUT2D eigenvalue weighted by Gasteiger charge is 2.06. The van der Waals surface area contributed by atoms with Crippen molar-refractivity contribution in [3.63, 3.8) is 0 Å². The van der Waals surface area contributed by atoms with Gasteiger partial charge in [0.05, 0.1) is 6.07 Å². The Labute approximate surface area is 74.6 Å². The molecule has 2 rings (SSSR count). The van der Waals surface area contributed by atoms with Crippen LogP contribution in [0.3, 0.4) is 0 Å². The Morgan fingerprint density at radius 2 is 2.38 bits per heavy atom. The molecule has 0 spiro atoms. The number of nitrogens with two attached hydrogens (primary N) is 1. The number of hydrogen-bond donors (Lipinski definition) is 1. The van der Waals surface area contributed by atoms with Crippen LogP contribution in [0.25, 0.3) is 11.1 Å². The van der Waals surface area contributed by atoms with E-state index in [4.69, 9.17) is 15.4 Å². The third kappa shape index (κ3) is 1.25. The maximum Gasteiger partial charge on any atom is 0.181 e. The van der Waals surface area contributed by atoms with E-state index in [1.807, 2.05) is 6.07 Å². The molecule has 2 N–H and O–H groups in total. The third-order valence-electron chi connectivity index (χ3n) is 1.85. The van der Waals surface area contributed by atoms with E-state index in [1.165, 1.54) is 6.39 Å². The summed E-state index contributed by atoms with van der Waals surface area (Å²) in [5.41, 5.74) is 7.70. The molecule has 0 bridgehead atoms.